The van der Waals surface area contributed by atoms with Crippen LogP contribution in [0.1, 0.15) is 4.88 Å². The van der Waals surface area contributed by atoms with E-state index < -0.39 is 0 Å². The van der Waals surface area contributed by atoms with E-state index in [4.69, 9.17) is 5.73 Å². The Morgan fingerprint density at radius 1 is 1.25 bits per heavy atom. The summed E-state index contributed by atoms with van der Waals surface area (Å²) < 4.78 is 1.81. The lowest BCUT2D eigenvalue weighted by atomic mass is 10.1. The predicted molar refractivity (Wildman–Crippen MR) is 65.4 cm³/mol. The highest BCUT2D eigenvalue weighted by Crippen LogP contribution is 2.30. The SMILES string of the molecule is Cc1sc2nc(N)nn2c1-c1ccccc1. The second-order valence-electron chi connectivity index (χ2n) is 3.54. The van der Waals surface area contributed by atoms with E-state index in [-0.39, 0.29) is 0 Å². The van der Waals surface area contributed by atoms with Crippen LogP contribution in [-0.2, 0) is 0 Å². The molecule has 0 aliphatic rings. The lowest BCUT2D eigenvalue weighted by Crippen LogP contribution is -1.92. The van der Waals surface area contributed by atoms with Gasteiger partial charge in [0.25, 0.3) is 0 Å². The molecule has 0 spiro atoms. The van der Waals surface area contributed by atoms with E-state index in [1.165, 1.54) is 4.88 Å². The second-order valence-corrected chi connectivity index (χ2v) is 4.72. The van der Waals surface area contributed by atoms with Crippen molar-refractivity contribution in [1.82, 2.24) is 14.6 Å². The number of nitrogen functional groups attached to an aromatic ring is 1. The third-order valence-electron chi connectivity index (χ3n) is 2.43. The molecule has 2 heterocycles. The summed E-state index contributed by atoms with van der Waals surface area (Å²) in [4.78, 5) is 6.21. The lowest BCUT2D eigenvalue weighted by molar-refractivity contribution is 0.987. The van der Waals surface area contributed by atoms with Gasteiger partial charge in [0.15, 0.2) is 0 Å². The Morgan fingerprint density at radius 2 is 2.00 bits per heavy atom. The van der Waals surface area contributed by atoms with Crippen molar-refractivity contribution in [2.24, 2.45) is 0 Å². The minimum Gasteiger partial charge on any atom is -0.366 e. The molecule has 2 N–H and O–H groups in total. The van der Waals surface area contributed by atoms with Crippen molar-refractivity contribution in [1.29, 1.82) is 0 Å². The van der Waals surface area contributed by atoms with Gasteiger partial charge in [-0.05, 0) is 6.92 Å². The fraction of sp³-hybridized carbons (Fsp3) is 0.0909. The number of hydrogen-bond acceptors (Lipinski definition) is 4. The summed E-state index contributed by atoms with van der Waals surface area (Å²) in [6.07, 6.45) is 0. The molecule has 0 bridgehead atoms. The van der Waals surface area contributed by atoms with Gasteiger partial charge in [-0.3, -0.25) is 0 Å². The van der Waals surface area contributed by atoms with E-state index >= 15 is 0 Å². The molecule has 0 saturated carbocycles. The molecule has 0 amide bonds. The number of aromatic nitrogens is 3. The van der Waals surface area contributed by atoms with Crippen molar-refractivity contribution in [2.75, 3.05) is 5.73 Å². The number of rotatable bonds is 1. The number of nitrogens with zero attached hydrogens (tertiary/aromatic N) is 3. The van der Waals surface area contributed by atoms with Crippen molar-refractivity contribution in [3.8, 4) is 11.3 Å². The zero-order chi connectivity index (χ0) is 11.1. The van der Waals surface area contributed by atoms with Gasteiger partial charge >= 0.3 is 0 Å². The molecule has 0 fully saturated rings. The topological polar surface area (TPSA) is 56.2 Å². The van der Waals surface area contributed by atoms with Gasteiger partial charge in [-0.25, -0.2) is 4.52 Å². The number of anilines is 1. The van der Waals surface area contributed by atoms with Crippen LogP contribution in [-0.4, -0.2) is 14.6 Å². The van der Waals surface area contributed by atoms with Gasteiger partial charge in [0.1, 0.15) is 0 Å². The third kappa shape index (κ3) is 1.29. The zero-order valence-corrected chi connectivity index (χ0v) is 9.53. The average molecular weight is 230 g/mol. The predicted octanol–water partition coefficient (Wildman–Crippen LogP) is 2.35. The van der Waals surface area contributed by atoms with E-state index in [0.717, 1.165) is 16.2 Å². The first-order valence-corrected chi connectivity index (χ1v) is 5.74. The van der Waals surface area contributed by atoms with Crippen LogP contribution in [0.2, 0.25) is 0 Å². The molecule has 3 aromatic rings. The van der Waals surface area contributed by atoms with Gasteiger partial charge in [-0.15, -0.1) is 5.10 Å². The largest absolute Gasteiger partial charge is 0.366 e. The molecule has 0 unspecified atom stereocenters. The fourth-order valence-electron chi connectivity index (χ4n) is 1.78. The van der Waals surface area contributed by atoms with Gasteiger partial charge in [0.2, 0.25) is 10.9 Å². The summed E-state index contributed by atoms with van der Waals surface area (Å²) in [5.74, 6) is 0.323. The van der Waals surface area contributed by atoms with Crippen LogP contribution in [0.5, 0.6) is 0 Å². The first-order valence-electron chi connectivity index (χ1n) is 4.93. The number of fused-ring (bicyclic) bond motifs is 1. The lowest BCUT2D eigenvalue weighted by Gasteiger charge is -1.99. The third-order valence-corrected chi connectivity index (χ3v) is 3.38. The quantitative estimate of drug-likeness (QED) is 0.698. The minimum atomic E-state index is 0.323. The van der Waals surface area contributed by atoms with Crippen LogP contribution in [0.15, 0.2) is 30.3 Å². The molecule has 5 heteroatoms. The highest BCUT2D eigenvalue weighted by molar-refractivity contribution is 7.17. The van der Waals surface area contributed by atoms with E-state index in [1.54, 1.807) is 11.3 Å². The maximum Gasteiger partial charge on any atom is 0.241 e. The highest BCUT2D eigenvalue weighted by atomic mass is 32.1. The first-order chi connectivity index (χ1) is 7.75. The van der Waals surface area contributed by atoms with Gasteiger partial charge in [-0.1, -0.05) is 41.7 Å². The standard InChI is InChI=1S/C11H10N4S/c1-7-9(8-5-3-2-4-6-8)15-11(16-7)13-10(12)14-15/h2-6H,1H3,(H2,12,14). The molecule has 0 radical (unpaired) electrons. The van der Waals surface area contributed by atoms with Crippen LogP contribution < -0.4 is 5.73 Å². The van der Waals surface area contributed by atoms with Gasteiger partial charge < -0.3 is 5.73 Å². The molecule has 80 valence electrons. The molecule has 2 aromatic heterocycles. The van der Waals surface area contributed by atoms with Crippen molar-refractivity contribution in [3.05, 3.63) is 35.2 Å². The molecule has 0 atom stereocenters. The van der Waals surface area contributed by atoms with E-state index in [9.17, 15) is 0 Å². The number of benzene rings is 1. The maximum atomic E-state index is 5.60. The van der Waals surface area contributed by atoms with Crippen molar-refractivity contribution in [2.45, 2.75) is 6.92 Å². The Morgan fingerprint density at radius 3 is 2.75 bits per heavy atom. The second kappa shape index (κ2) is 3.31. The number of nitrogens with two attached hydrogens (primary N) is 1. The normalized spacial score (nSPS) is 11.1. The summed E-state index contributed by atoms with van der Waals surface area (Å²) in [7, 11) is 0. The minimum absolute atomic E-state index is 0.323. The monoisotopic (exact) mass is 230 g/mol. The Labute approximate surface area is 96.4 Å². The van der Waals surface area contributed by atoms with Crippen LogP contribution in [0.4, 0.5) is 5.95 Å². The van der Waals surface area contributed by atoms with E-state index in [1.807, 2.05) is 22.7 Å². The van der Waals surface area contributed by atoms with Crippen LogP contribution in [0.3, 0.4) is 0 Å². The molecular weight excluding hydrogens is 220 g/mol. The van der Waals surface area contributed by atoms with Gasteiger partial charge in [0.05, 0.1) is 5.69 Å². The Bertz CT molecular complexity index is 639. The Kier molecular flexibility index (Phi) is 1.94. The van der Waals surface area contributed by atoms with Crippen molar-refractivity contribution in [3.63, 3.8) is 0 Å². The molecular formula is C11H10N4S. The summed E-state index contributed by atoms with van der Waals surface area (Å²) in [6, 6.07) is 10.1. The molecule has 4 nitrogen and oxygen atoms in total. The number of hydrogen-bond donors (Lipinski definition) is 1. The summed E-state index contributed by atoms with van der Waals surface area (Å²) in [6.45, 7) is 2.07. The molecule has 1 aromatic carbocycles. The van der Waals surface area contributed by atoms with Crippen LogP contribution in [0, 0.1) is 6.92 Å². The Balaban J connectivity index is 2.33. The zero-order valence-electron chi connectivity index (χ0n) is 8.71. The van der Waals surface area contributed by atoms with Gasteiger partial charge in [0, 0.05) is 10.4 Å². The summed E-state index contributed by atoms with van der Waals surface area (Å²) >= 11 is 1.60. The number of thiazole rings is 1. The van der Waals surface area contributed by atoms with Crippen LogP contribution >= 0.6 is 11.3 Å². The fourth-order valence-corrected chi connectivity index (χ4v) is 2.71. The molecule has 0 saturated heterocycles. The van der Waals surface area contributed by atoms with E-state index in [0.29, 0.717) is 5.95 Å². The Hall–Kier alpha value is -1.88. The number of aryl methyl sites for hydroxylation is 1. The molecule has 0 aliphatic heterocycles. The summed E-state index contributed by atoms with van der Waals surface area (Å²) in [5, 5.41) is 4.20. The highest BCUT2D eigenvalue weighted by Gasteiger charge is 2.13. The molecule has 3 rings (SSSR count). The van der Waals surface area contributed by atoms with Gasteiger partial charge in [-0.2, -0.15) is 4.98 Å². The maximum absolute atomic E-state index is 5.60. The van der Waals surface area contributed by atoms with Crippen molar-refractivity contribution >= 4 is 22.2 Å². The average Bonchev–Trinajstić information content (AvgIpc) is 2.74. The molecule has 0 aliphatic carbocycles. The summed E-state index contributed by atoms with van der Waals surface area (Å²) in [5.41, 5.74) is 7.80. The smallest absolute Gasteiger partial charge is 0.241 e. The van der Waals surface area contributed by atoms with E-state index in [2.05, 4.69) is 29.1 Å². The van der Waals surface area contributed by atoms with Crippen LogP contribution in [0.25, 0.3) is 16.2 Å². The first kappa shape index (κ1) is 9.35. The molecule has 16 heavy (non-hydrogen) atoms. The van der Waals surface area contributed by atoms with Crippen molar-refractivity contribution < 1.29 is 0 Å².